The van der Waals surface area contributed by atoms with Crippen LogP contribution in [0.4, 0.5) is 0 Å². The maximum Gasteiger partial charge on any atom is 0.304 e. The molecule has 1 atom stereocenters. The summed E-state index contributed by atoms with van der Waals surface area (Å²) in [4.78, 5) is 10.5. The van der Waals surface area contributed by atoms with Gasteiger partial charge in [-0.3, -0.25) is 4.79 Å². The minimum atomic E-state index is -0.844. The smallest absolute Gasteiger partial charge is 0.304 e. The molecule has 4 heteroatoms. The fourth-order valence-electron chi connectivity index (χ4n) is 1.74. The van der Waals surface area contributed by atoms with Gasteiger partial charge in [0.15, 0.2) is 0 Å². The first-order chi connectivity index (χ1) is 7.79. The highest BCUT2D eigenvalue weighted by atomic mass is 35.5. The van der Waals surface area contributed by atoms with E-state index in [0.29, 0.717) is 6.42 Å². The van der Waals surface area contributed by atoms with Crippen molar-refractivity contribution in [2.24, 2.45) is 5.73 Å². The summed E-state index contributed by atoms with van der Waals surface area (Å²) in [6, 6.07) is 7.92. The summed E-state index contributed by atoms with van der Waals surface area (Å²) in [7, 11) is 0. The van der Waals surface area contributed by atoms with E-state index in [1.54, 1.807) is 0 Å². The van der Waals surface area contributed by atoms with Gasteiger partial charge in [-0.15, -0.1) is 12.4 Å². The zero-order valence-corrected chi connectivity index (χ0v) is 12.0. The Kier molecular flexibility index (Phi) is 6.36. The van der Waals surface area contributed by atoms with Gasteiger partial charge in [-0.05, 0) is 23.0 Å². The fourth-order valence-corrected chi connectivity index (χ4v) is 1.74. The third kappa shape index (κ3) is 5.52. The van der Waals surface area contributed by atoms with Crippen molar-refractivity contribution >= 4 is 18.4 Å². The summed E-state index contributed by atoms with van der Waals surface area (Å²) in [5.41, 5.74) is 8.25. The van der Waals surface area contributed by atoms with Crippen LogP contribution in [0.15, 0.2) is 24.3 Å². The average molecular weight is 272 g/mol. The van der Waals surface area contributed by atoms with Crippen molar-refractivity contribution in [3.8, 4) is 0 Å². The van der Waals surface area contributed by atoms with Gasteiger partial charge in [-0.2, -0.15) is 0 Å². The number of hydrogen-bond acceptors (Lipinski definition) is 2. The van der Waals surface area contributed by atoms with Gasteiger partial charge < -0.3 is 10.8 Å². The molecule has 3 N–H and O–H groups in total. The van der Waals surface area contributed by atoms with Crippen LogP contribution in [0.2, 0.25) is 0 Å². The Morgan fingerprint density at radius 1 is 1.28 bits per heavy atom. The van der Waals surface area contributed by atoms with Crippen LogP contribution >= 0.6 is 12.4 Å². The van der Waals surface area contributed by atoms with Crippen molar-refractivity contribution in [2.75, 3.05) is 0 Å². The van der Waals surface area contributed by atoms with Crippen LogP contribution in [0, 0.1) is 0 Å². The van der Waals surface area contributed by atoms with Crippen LogP contribution in [0.1, 0.15) is 38.3 Å². The number of carbonyl (C=O) groups is 1. The lowest BCUT2D eigenvalue weighted by Gasteiger charge is -2.19. The molecule has 0 aliphatic rings. The second kappa shape index (κ2) is 6.76. The molecule has 0 amide bonds. The molecule has 102 valence electrons. The predicted octanol–water partition coefficient (Wildman–Crippen LogP) is 2.75. The first-order valence-corrected chi connectivity index (χ1v) is 5.86. The van der Waals surface area contributed by atoms with E-state index in [9.17, 15) is 4.79 Å². The number of carboxylic acid groups (broad SMARTS) is 1. The van der Waals surface area contributed by atoms with Gasteiger partial charge in [0.25, 0.3) is 0 Å². The average Bonchev–Trinajstić information content (AvgIpc) is 2.15. The Labute approximate surface area is 115 Å². The largest absolute Gasteiger partial charge is 0.481 e. The molecule has 0 aliphatic carbocycles. The minimum absolute atomic E-state index is 0. The van der Waals surface area contributed by atoms with Gasteiger partial charge in [0.2, 0.25) is 0 Å². The molecule has 0 aliphatic heterocycles. The molecule has 1 aromatic carbocycles. The lowest BCUT2D eigenvalue weighted by atomic mass is 9.86. The molecular weight excluding hydrogens is 250 g/mol. The van der Waals surface area contributed by atoms with Gasteiger partial charge in [-0.1, -0.05) is 45.0 Å². The number of rotatable bonds is 4. The van der Waals surface area contributed by atoms with E-state index in [1.807, 2.05) is 12.1 Å². The molecule has 3 nitrogen and oxygen atoms in total. The molecule has 1 rings (SSSR count). The summed E-state index contributed by atoms with van der Waals surface area (Å²) >= 11 is 0. The first kappa shape index (κ1) is 16.9. The van der Waals surface area contributed by atoms with Crippen molar-refractivity contribution in [1.82, 2.24) is 0 Å². The standard InChI is InChI=1S/C14H21NO2.ClH/c1-14(2,3)11-6-4-10(5-7-11)8-12(15)9-13(16)17;/h4-7,12H,8-9,15H2,1-3H3,(H,16,17);1H/t12-;/m1./s1. The summed E-state index contributed by atoms with van der Waals surface area (Å²) in [6.07, 6.45) is 0.623. The number of nitrogens with two attached hydrogens (primary N) is 1. The molecule has 0 fully saturated rings. The van der Waals surface area contributed by atoms with Crippen LogP contribution in [0.5, 0.6) is 0 Å². The Balaban J connectivity index is 0.00000289. The molecule has 18 heavy (non-hydrogen) atoms. The van der Waals surface area contributed by atoms with Crippen LogP contribution in [-0.4, -0.2) is 17.1 Å². The van der Waals surface area contributed by atoms with Crippen LogP contribution in [0.25, 0.3) is 0 Å². The van der Waals surface area contributed by atoms with Crippen molar-refractivity contribution in [1.29, 1.82) is 0 Å². The number of carboxylic acids is 1. The van der Waals surface area contributed by atoms with Crippen LogP contribution in [-0.2, 0) is 16.6 Å². The van der Waals surface area contributed by atoms with Crippen molar-refractivity contribution in [3.63, 3.8) is 0 Å². The first-order valence-electron chi connectivity index (χ1n) is 5.86. The Morgan fingerprint density at radius 3 is 2.17 bits per heavy atom. The molecule has 0 unspecified atom stereocenters. The molecule has 0 saturated carbocycles. The molecular formula is C14H22ClNO2. The summed E-state index contributed by atoms with van der Waals surface area (Å²) in [6.45, 7) is 6.49. The normalized spacial score (nSPS) is 12.7. The highest BCUT2D eigenvalue weighted by molar-refractivity contribution is 5.85. The zero-order chi connectivity index (χ0) is 13.1. The molecule has 0 aromatic heterocycles. The second-order valence-electron chi connectivity index (χ2n) is 5.51. The van der Waals surface area contributed by atoms with Gasteiger partial charge in [0.05, 0.1) is 6.42 Å². The van der Waals surface area contributed by atoms with Gasteiger partial charge in [0.1, 0.15) is 0 Å². The van der Waals surface area contributed by atoms with Crippen molar-refractivity contribution in [3.05, 3.63) is 35.4 Å². The maximum absolute atomic E-state index is 10.5. The molecule has 0 spiro atoms. The predicted molar refractivity (Wildman–Crippen MR) is 76.3 cm³/mol. The molecule has 0 bridgehead atoms. The van der Waals surface area contributed by atoms with E-state index in [0.717, 1.165) is 5.56 Å². The van der Waals surface area contributed by atoms with E-state index >= 15 is 0 Å². The summed E-state index contributed by atoms with van der Waals surface area (Å²) < 4.78 is 0. The third-order valence-corrected chi connectivity index (χ3v) is 2.75. The lowest BCUT2D eigenvalue weighted by Crippen LogP contribution is -2.26. The Hall–Kier alpha value is -1.06. The Morgan fingerprint density at radius 2 is 1.78 bits per heavy atom. The van der Waals surface area contributed by atoms with Crippen molar-refractivity contribution < 1.29 is 9.90 Å². The lowest BCUT2D eigenvalue weighted by molar-refractivity contribution is -0.137. The monoisotopic (exact) mass is 271 g/mol. The van der Waals surface area contributed by atoms with E-state index < -0.39 is 5.97 Å². The van der Waals surface area contributed by atoms with E-state index in [4.69, 9.17) is 10.8 Å². The second-order valence-corrected chi connectivity index (χ2v) is 5.51. The number of halogens is 1. The van der Waals surface area contributed by atoms with Gasteiger partial charge in [0, 0.05) is 6.04 Å². The third-order valence-electron chi connectivity index (χ3n) is 2.75. The highest BCUT2D eigenvalue weighted by Gasteiger charge is 2.14. The number of hydrogen-bond donors (Lipinski definition) is 2. The maximum atomic E-state index is 10.5. The van der Waals surface area contributed by atoms with Gasteiger partial charge >= 0.3 is 5.97 Å². The molecule has 1 aromatic rings. The number of benzene rings is 1. The summed E-state index contributed by atoms with van der Waals surface area (Å²) in [5, 5.41) is 8.63. The highest BCUT2D eigenvalue weighted by Crippen LogP contribution is 2.22. The quantitative estimate of drug-likeness (QED) is 0.885. The summed E-state index contributed by atoms with van der Waals surface area (Å²) in [5.74, 6) is -0.844. The van der Waals surface area contributed by atoms with Crippen LogP contribution in [0.3, 0.4) is 0 Å². The van der Waals surface area contributed by atoms with E-state index in [2.05, 4.69) is 32.9 Å². The fraction of sp³-hybridized carbons (Fsp3) is 0.500. The van der Waals surface area contributed by atoms with E-state index in [1.165, 1.54) is 5.56 Å². The molecule has 0 heterocycles. The van der Waals surface area contributed by atoms with Crippen molar-refractivity contribution in [2.45, 2.75) is 45.1 Å². The zero-order valence-electron chi connectivity index (χ0n) is 11.1. The Bertz CT molecular complexity index is 382. The number of aliphatic carboxylic acids is 1. The SMILES string of the molecule is CC(C)(C)c1ccc(C[C@@H](N)CC(=O)O)cc1.Cl. The minimum Gasteiger partial charge on any atom is -0.481 e. The van der Waals surface area contributed by atoms with Crippen LogP contribution < -0.4 is 5.73 Å². The molecule has 0 radical (unpaired) electrons. The van der Waals surface area contributed by atoms with E-state index in [-0.39, 0.29) is 30.3 Å². The van der Waals surface area contributed by atoms with Gasteiger partial charge in [-0.25, -0.2) is 0 Å². The topological polar surface area (TPSA) is 63.3 Å². The molecule has 0 saturated heterocycles.